The van der Waals surface area contributed by atoms with E-state index in [1.807, 2.05) is 26.0 Å². The summed E-state index contributed by atoms with van der Waals surface area (Å²) in [7, 11) is 0. The molecule has 0 aliphatic heterocycles. The molecule has 1 nitrogen and oxygen atoms in total. The Morgan fingerprint density at radius 1 is 0.895 bits per heavy atom. The van der Waals surface area contributed by atoms with E-state index in [4.69, 9.17) is 0 Å². The van der Waals surface area contributed by atoms with Crippen LogP contribution >= 0.6 is 0 Å². The van der Waals surface area contributed by atoms with E-state index in [1.165, 1.54) is 23.3 Å². The van der Waals surface area contributed by atoms with Crippen LogP contribution in [0.3, 0.4) is 0 Å². The summed E-state index contributed by atoms with van der Waals surface area (Å²) in [6.07, 6.45) is 0.785. The van der Waals surface area contributed by atoms with Crippen LogP contribution in [0.25, 0.3) is 0 Å². The number of benzene rings is 2. The topological polar surface area (TPSA) is 17.1 Å². The van der Waals surface area contributed by atoms with E-state index in [-0.39, 0.29) is 11.6 Å². The van der Waals surface area contributed by atoms with Crippen molar-refractivity contribution in [1.29, 1.82) is 0 Å². The molecule has 0 N–H and O–H groups in total. The first-order valence-electron chi connectivity index (χ1n) is 6.36. The Hall–Kier alpha value is -1.96. The van der Waals surface area contributed by atoms with Gasteiger partial charge in [0.2, 0.25) is 0 Å². The first kappa shape index (κ1) is 13.5. The molecular formula is C17H17FO. The Kier molecular flexibility index (Phi) is 4.10. The Labute approximate surface area is 113 Å². The first-order chi connectivity index (χ1) is 9.02. The molecule has 2 heteroatoms. The fourth-order valence-electron chi connectivity index (χ4n) is 2.29. The fraction of sp³-hybridized carbons (Fsp3) is 0.235. The highest BCUT2D eigenvalue weighted by molar-refractivity contribution is 5.83. The number of rotatable bonds is 4. The van der Waals surface area contributed by atoms with Crippen molar-refractivity contribution < 1.29 is 9.18 Å². The molecule has 2 aromatic carbocycles. The lowest BCUT2D eigenvalue weighted by molar-refractivity contribution is -0.117. The average Bonchev–Trinajstić information content (AvgIpc) is 2.30. The maximum atomic E-state index is 12.8. The van der Waals surface area contributed by atoms with E-state index >= 15 is 0 Å². The molecule has 0 bridgehead atoms. The van der Waals surface area contributed by atoms with Crippen LogP contribution in [0.2, 0.25) is 0 Å². The molecule has 0 atom stereocenters. The fourth-order valence-corrected chi connectivity index (χ4v) is 2.29. The van der Waals surface area contributed by atoms with Gasteiger partial charge in [0.25, 0.3) is 0 Å². The van der Waals surface area contributed by atoms with Gasteiger partial charge in [-0.1, -0.05) is 41.5 Å². The van der Waals surface area contributed by atoms with Gasteiger partial charge in [0.1, 0.15) is 11.6 Å². The molecule has 0 aromatic heterocycles. The van der Waals surface area contributed by atoms with Crippen LogP contribution in [-0.2, 0) is 17.6 Å². The summed E-state index contributed by atoms with van der Waals surface area (Å²) in [6.45, 7) is 4.06. The maximum Gasteiger partial charge on any atom is 0.141 e. The van der Waals surface area contributed by atoms with E-state index in [0.717, 1.165) is 11.1 Å². The Balaban J connectivity index is 2.03. The molecule has 2 rings (SSSR count). The number of hydrogen-bond donors (Lipinski definition) is 0. The molecule has 0 spiro atoms. The number of hydrogen-bond acceptors (Lipinski definition) is 1. The molecule has 0 aliphatic rings. The van der Waals surface area contributed by atoms with Crippen molar-refractivity contribution in [3.05, 3.63) is 70.5 Å². The average molecular weight is 256 g/mol. The molecule has 19 heavy (non-hydrogen) atoms. The quantitative estimate of drug-likeness (QED) is 0.813. The standard InChI is InChI=1S/C17H17FO/c1-12-7-13(2)9-15(8-12)11-17(19)10-14-3-5-16(18)6-4-14/h3-9H,10-11H2,1-2H3. The predicted molar refractivity (Wildman–Crippen MR) is 74.7 cm³/mol. The number of halogens is 1. The smallest absolute Gasteiger partial charge is 0.141 e. The number of aryl methyl sites for hydroxylation is 2. The molecule has 0 saturated carbocycles. The van der Waals surface area contributed by atoms with Crippen LogP contribution in [0.15, 0.2) is 42.5 Å². The van der Waals surface area contributed by atoms with E-state index in [2.05, 4.69) is 6.07 Å². The molecule has 0 saturated heterocycles. The Bertz CT molecular complexity index is 564. The molecule has 2 aromatic rings. The minimum atomic E-state index is -0.273. The van der Waals surface area contributed by atoms with E-state index in [0.29, 0.717) is 12.8 Å². The van der Waals surface area contributed by atoms with Crippen LogP contribution in [0.5, 0.6) is 0 Å². The van der Waals surface area contributed by atoms with Crippen LogP contribution in [-0.4, -0.2) is 5.78 Å². The van der Waals surface area contributed by atoms with Gasteiger partial charge in [-0.2, -0.15) is 0 Å². The van der Waals surface area contributed by atoms with Gasteiger partial charge < -0.3 is 0 Å². The van der Waals surface area contributed by atoms with Gasteiger partial charge in [-0.25, -0.2) is 4.39 Å². The number of Topliss-reactive ketones (excluding diaryl/α,β-unsaturated/α-hetero) is 1. The highest BCUT2D eigenvalue weighted by atomic mass is 19.1. The summed E-state index contributed by atoms with van der Waals surface area (Å²) in [4.78, 5) is 12.0. The lowest BCUT2D eigenvalue weighted by Gasteiger charge is -2.05. The van der Waals surface area contributed by atoms with Crippen molar-refractivity contribution in [3.63, 3.8) is 0 Å². The summed E-state index contributed by atoms with van der Waals surface area (Å²) in [5.74, 6) is -0.123. The number of ketones is 1. The van der Waals surface area contributed by atoms with Crippen molar-refractivity contribution in [2.24, 2.45) is 0 Å². The van der Waals surface area contributed by atoms with Gasteiger partial charge in [0.05, 0.1) is 0 Å². The first-order valence-corrected chi connectivity index (χ1v) is 6.36. The predicted octanol–water partition coefficient (Wildman–Crippen LogP) is 3.80. The van der Waals surface area contributed by atoms with Crippen molar-refractivity contribution in [2.75, 3.05) is 0 Å². The molecule has 0 fully saturated rings. The third-order valence-electron chi connectivity index (χ3n) is 3.00. The van der Waals surface area contributed by atoms with E-state index < -0.39 is 0 Å². The molecule has 98 valence electrons. The summed E-state index contributed by atoms with van der Waals surface area (Å²) < 4.78 is 12.8. The number of carbonyl (C=O) groups is 1. The second-order valence-electron chi connectivity index (χ2n) is 5.01. The molecular weight excluding hydrogens is 239 g/mol. The lowest BCUT2D eigenvalue weighted by Crippen LogP contribution is -2.07. The van der Waals surface area contributed by atoms with Gasteiger partial charge >= 0.3 is 0 Å². The zero-order valence-corrected chi connectivity index (χ0v) is 11.2. The number of carbonyl (C=O) groups excluding carboxylic acids is 1. The summed E-state index contributed by atoms with van der Waals surface area (Å²) in [5.41, 5.74) is 4.24. The van der Waals surface area contributed by atoms with Gasteiger partial charge in [-0.05, 0) is 37.1 Å². The second kappa shape index (κ2) is 5.79. The highest BCUT2D eigenvalue weighted by Gasteiger charge is 2.06. The minimum Gasteiger partial charge on any atom is -0.299 e. The van der Waals surface area contributed by atoms with Gasteiger partial charge in [0.15, 0.2) is 0 Å². The minimum absolute atomic E-state index is 0.150. The summed E-state index contributed by atoms with van der Waals surface area (Å²) >= 11 is 0. The van der Waals surface area contributed by atoms with Gasteiger partial charge in [-0.15, -0.1) is 0 Å². The normalized spacial score (nSPS) is 10.5. The third-order valence-corrected chi connectivity index (χ3v) is 3.00. The molecule has 0 heterocycles. The maximum absolute atomic E-state index is 12.8. The Morgan fingerprint density at radius 2 is 1.42 bits per heavy atom. The molecule has 0 unspecified atom stereocenters. The Morgan fingerprint density at radius 3 is 2.00 bits per heavy atom. The van der Waals surface area contributed by atoms with E-state index in [1.54, 1.807) is 12.1 Å². The second-order valence-corrected chi connectivity index (χ2v) is 5.01. The van der Waals surface area contributed by atoms with Crippen molar-refractivity contribution in [2.45, 2.75) is 26.7 Å². The lowest BCUT2D eigenvalue weighted by atomic mass is 10.00. The van der Waals surface area contributed by atoms with Crippen LogP contribution in [0.4, 0.5) is 4.39 Å². The van der Waals surface area contributed by atoms with Gasteiger partial charge in [0, 0.05) is 12.8 Å². The van der Waals surface area contributed by atoms with Crippen LogP contribution in [0, 0.1) is 19.7 Å². The van der Waals surface area contributed by atoms with Crippen molar-refractivity contribution in [1.82, 2.24) is 0 Å². The molecule has 0 aliphatic carbocycles. The third kappa shape index (κ3) is 4.02. The largest absolute Gasteiger partial charge is 0.299 e. The summed E-state index contributed by atoms with van der Waals surface area (Å²) in [6, 6.07) is 12.3. The van der Waals surface area contributed by atoms with Crippen LogP contribution in [0.1, 0.15) is 22.3 Å². The zero-order chi connectivity index (χ0) is 13.8. The monoisotopic (exact) mass is 256 g/mol. The zero-order valence-electron chi connectivity index (χ0n) is 11.2. The SMILES string of the molecule is Cc1cc(C)cc(CC(=O)Cc2ccc(F)cc2)c1. The van der Waals surface area contributed by atoms with Crippen molar-refractivity contribution in [3.8, 4) is 0 Å². The van der Waals surface area contributed by atoms with Crippen LogP contribution < -0.4 is 0 Å². The summed E-state index contributed by atoms with van der Waals surface area (Å²) in [5, 5.41) is 0. The van der Waals surface area contributed by atoms with Crippen molar-refractivity contribution >= 4 is 5.78 Å². The highest BCUT2D eigenvalue weighted by Crippen LogP contribution is 2.11. The van der Waals surface area contributed by atoms with E-state index in [9.17, 15) is 9.18 Å². The molecule has 0 radical (unpaired) electrons. The molecule has 0 amide bonds. The van der Waals surface area contributed by atoms with Gasteiger partial charge in [-0.3, -0.25) is 4.79 Å².